The second-order valence-corrected chi connectivity index (χ2v) is 4.93. The number of carboxylic acids is 1. The van der Waals surface area contributed by atoms with Gasteiger partial charge in [-0.15, -0.1) is 0 Å². The zero-order valence-electron chi connectivity index (χ0n) is 10.9. The molecule has 3 heteroatoms. The number of rotatable bonds is 4. The molecule has 18 heavy (non-hydrogen) atoms. The highest BCUT2D eigenvalue weighted by Gasteiger charge is 2.28. The van der Waals surface area contributed by atoms with Gasteiger partial charge in [-0.25, -0.2) is 0 Å². The number of aliphatic carboxylic acids is 1. The van der Waals surface area contributed by atoms with Crippen LogP contribution in [0.1, 0.15) is 43.4 Å². The summed E-state index contributed by atoms with van der Waals surface area (Å²) in [6.07, 6.45) is 4.42. The second kappa shape index (κ2) is 6.01. The summed E-state index contributed by atoms with van der Waals surface area (Å²) in [5.74, 6) is -0.735. The van der Waals surface area contributed by atoms with Crippen LogP contribution < -0.4 is 0 Å². The van der Waals surface area contributed by atoms with Gasteiger partial charge in [-0.1, -0.05) is 37.6 Å². The van der Waals surface area contributed by atoms with Crippen LogP contribution in [-0.2, 0) is 11.2 Å². The van der Waals surface area contributed by atoms with Crippen molar-refractivity contribution in [3.8, 4) is 0 Å². The summed E-state index contributed by atoms with van der Waals surface area (Å²) in [4.78, 5) is 13.6. The normalized spacial score (nSPS) is 18.5. The van der Waals surface area contributed by atoms with E-state index >= 15 is 0 Å². The highest BCUT2D eigenvalue weighted by molar-refractivity contribution is 5.75. The first-order valence-electron chi connectivity index (χ1n) is 6.78. The predicted octanol–water partition coefficient (Wildman–Crippen LogP) is 2.86. The number of carboxylic acid groups (broad SMARTS) is 1. The van der Waals surface area contributed by atoms with Crippen LogP contribution in [0.25, 0.3) is 0 Å². The Morgan fingerprint density at radius 2 is 1.83 bits per heavy atom. The SMILES string of the molecule is CCc1ccc(C(C(=O)O)N2CCCCC2)cc1. The molecule has 3 nitrogen and oxygen atoms in total. The van der Waals surface area contributed by atoms with Gasteiger partial charge in [0.25, 0.3) is 0 Å². The monoisotopic (exact) mass is 247 g/mol. The number of benzene rings is 1. The van der Waals surface area contributed by atoms with Crippen LogP contribution in [0.3, 0.4) is 0 Å². The first-order valence-corrected chi connectivity index (χ1v) is 6.78. The number of carbonyl (C=O) groups is 1. The van der Waals surface area contributed by atoms with Gasteiger partial charge in [0.2, 0.25) is 0 Å². The Morgan fingerprint density at radius 3 is 2.33 bits per heavy atom. The van der Waals surface area contributed by atoms with E-state index in [9.17, 15) is 9.90 Å². The lowest BCUT2D eigenvalue weighted by Crippen LogP contribution is -2.37. The van der Waals surface area contributed by atoms with Gasteiger partial charge in [0.15, 0.2) is 0 Å². The van der Waals surface area contributed by atoms with E-state index in [0.717, 1.165) is 37.9 Å². The van der Waals surface area contributed by atoms with Crippen LogP contribution in [0.2, 0.25) is 0 Å². The Morgan fingerprint density at radius 1 is 1.22 bits per heavy atom. The largest absolute Gasteiger partial charge is 0.480 e. The van der Waals surface area contributed by atoms with Crippen molar-refractivity contribution in [2.45, 2.75) is 38.6 Å². The van der Waals surface area contributed by atoms with Crippen LogP contribution in [0, 0.1) is 0 Å². The molecule has 1 unspecified atom stereocenters. The zero-order valence-corrected chi connectivity index (χ0v) is 10.9. The van der Waals surface area contributed by atoms with E-state index in [4.69, 9.17) is 0 Å². The molecule has 2 rings (SSSR count). The maximum Gasteiger partial charge on any atom is 0.325 e. The molecule has 98 valence electrons. The van der Waals surface area contributed by atoms with Gasteiger partial charge in [-0.3, -0.25) is 9.69 Å². The maximum atomic E-state index is 11.5. The van der Waals surface area contributed by atoms with E-state index in [2.05, 4.69) is 11.8 Å². The lowest BCUT2D eigenvalue weighted by Gasteiger charge is -2.32. The van der Waals surface area contributed by atoms with Crippen molar-refractivity contribution in [3.05, 3.63) is 35.4 Å². The summed E-state index contributed by atoms with van der Waals surface area (Å²) in [6, 6.07) is 7.53. The zero-order chi connectivity index (χ0) is 13.0. The average Bonchev–Trinajstić information content (AvgIpc) is 2.40. The van der Waals surface area contributed by atoms with Gasteiger partial charge in [0, 0.05) is 0 Å². The Balaban J connectivity index is 2.20. The van der Waals surface area contributed by atoms with Crippen LogP contribution in [0.15, 0.2) is 24.3 Å². The van der Waals surface area contributed by atoms with Crippen molar-refractivity contribution >= 4 is 5.97 Å². The molecule has 0 aliphatic carbocycles. The van der Waals surface area contributed by atoms with Crippen molar-refractivity contribution in [1.82, 2.24) is 4.90 Å². The number of piperidine rings is 1. The fourth-order valence-electron chi connectivity index (χ4n) is 2.62. The molecule has 1 atom stereocenters. The summed E-state index contributed by atoms with van der Waals surface area (Å²) < 4.78 is 0. The first kappa shape index (κ1) is 13.1. The van der Waals surface area contributed by atoms with E-state index in [1.54, 1.807) is 0 Å². The molecule has 0 saturated carbocycles. The fourth-order valence-corrected chi connectivity index (χ4v) is 2.62. The number of likely N-dealkylation sites (tertiary alicyclic amines) is 1. The molecule has 0 radical (unpaired) electrons. The van der Waals surface area contributed by atoms with E-state index in [0.29, 0.717) is 0 Å². The topological polar surface area (TPSA) is 40.5 Å². The fraction of sp³-hybridized carbons (Fsp3) is 0.533. The molecular weight excluding hydrogens is 226 g/mol. The molecule has 1 aromatic carbocycles. The van der Waals surface area contributed by atoms with Crippen LogP contribution in [-0.4, -0.2) is 29.1 Å². The van der Waals surface area contributed by atoms with E-state index in [1.807, 2.05) is 24.3 Å². The van der Waals surface area contributed by atoms with Crippen molar-refractivity contribution in [2.24, 2.45) is 0 Å². The van der Waals surface area contributed by atoms with Crippen molar-refractivity contribution in [3.63, 3.8) is 0 Å². The van der Waals surface area contributed by atoms with E-state index in [-0.39, 0.29) is 0 Å². The Bertz CT molecular complexity index is 393. The molecule has 1 saturated heterocycles. The predicted molar refractivity (Wildman–Crippen MR) is 71.6 cm³/mol. The molecule has 0 spiro atoms. The maximum absolute atomic E-state index is 11.5. The highest BCUT2D eigenvalue weighted by atomic mass is 16.4. The third-order valence-corrected chi connectivity index (χ3v) is 3.69. The number of nitrogens with zero attached hydrogens (tertiary/aromatic N) is 1. The molecule has 0 amide bonds. The molecule has 1 aliphatic rings. The van der Waals surface area contributed by atoms with Gasteiger partial charge in [-0.2, -0.15) is 0 Å². The van der Waals surface area contributed by atoms with Crippen LogP contribution in [0.5, 0.6) is 0 Å². The van der Waals surface area contributed by atoms with E-state index < -0.39 is 12.0 Å². The Hall–Kier alpha value is -1.35. The lowest BCUT2D eigenvalue weighted by molar-refractivity contribution is -0.144. The number of aryl methyl sites for hydroxylation is 1. The van der Waals surface area contributed by atoms with Crippen LogP contribution in [0.4, 0.5) is 0 Å². The number of hydrogen-bond donors (Lipinski definition) is 1. The summed E-state index contributed by atoms with van der Waals surface area (Å²) in [7, 11) is 0. The first-order chi connectivity index (χ1) is 8.72. The molecule has 1 heterocycles. The standard InChI is InChI=1S/C15H21NO2/c1-2-12-6-8-13(9-7-12)14(15(17)18)16-10-4-3-5-11-16/h6-9,14H,2-5,10-11H2,1H3,(H,17,18). The molecule has 0 aromatic heterocycles. The van der Waals surface area contributed by atoms with Gasteiger partial charge in [0.05, 0.1) is 0 Å². The summed E-state index contributed by atoms with van der Waals surface area (Å²) in [6.45, 7) is 3.90. The molecule has 1 aromatic rings. The molecule has 1 N–H and O–H groups in total. The summed E-state index contributed by atoms with van der Waals surface area (Å²) in [5, 5.41) is 9.46. The Labute approximate surface area is 108 Å². The second-order valence-electron chi connectivity index (χ2n) is 4.93. The van der Waals surface area contributed by atoms with Crippen molar-refractivity contribution in [2.75, 3.05) is 13.1 Å². The summed E-state index contributed by atoms with van der Waals surface area (Å²) >= 11 is 0. The van der Waals surface area contributed by atoms with Gasteiger partial charge >= 0.3 is 5.97 Å². The molecule has 1 aliphatic heterocycles. The molecule has 0 bridgehead atoms. The van der Waals surface area contributed by atoms with Gasteiger partial charge < -0.3 is 5.11 Å². The van der Waals surface area contributed by atoms with Gasteiger partial charge in [-0.05, 0) is 43.5 Å². The molecular formula is C15H21NO2. The summed E-state index contributed by atoms with van der Waals surface area (Å²) in [5.41, 5.74) is 2.16. The minimum atomic E-state index is -0.735. The van der Waals surface area contributed by atoms with Crippen molar-refractivity contribution < 1.29 is 9.90 Å². The highest BCUT2D eigenvalue weighted by Crippen LogP contribution is 2.25. The van der Waals surface area contributed by atoms with Crippen molar-refractivity contribution in [1.29, 1.82) is 0 Å². The van der Waals surface area contributed by atoms with Gasteiger partial charge in [0.1, 0.15) is 6.04 Å². The average molecular weight is 247 g/mol. The smallest absolute Gasteiger partial charge is 0.325 e. The number of hydrogen-bond acceptors (Lipinski definition) is 2. The lowest BCUT2D eigenvalue weighted by atomic mass is 10.00. The quantitative estimate of drug-likeness (QED) is 0.889. The third kappa shape index (κ3) is 2.91. The molecule has 1 fully saturated rings. The minimum absolute atomic E-state index is 0.476. The Kier molecular flexibility index (Phi) is 4.37. The minimum Gasteiger partial charge on any atom is -0.480 e. The third-order valence-electron chi connectivity index (χ3n) is 3.69. The van der Waals surface area contributed by atoms with E-state index in [1.165, 1.54) is 12.0 Å². The van der Waals surface area contributed by atoms with Crippen LogP contribution >= 0.6 is 0 Å².